The first-order valence-corrected chi connectivity index (χ1v) is 6.56. The molecule has 3 atom stereocenters. The summed E-state index contributed by atoms with van der Waals surface area (Å²) in [6.45, 7) is 2.42. The molecular formula is C15H21N. The Morgan fingerprint density at radius 3 is 2.88 bits per heavy atom. The van der Waals surface area contributed by atoms with Gasteiger partial charge in [0.2, 0.25) is 0 Å². The van der Waals surface area contributed by atoms with Gasteiger partial charge in [-0.3, -0.25) is 0 Å². The summed E-state index contributed by atoms with van der Waals surface area (Å²) in [6, 6.07) is 9.04. The van der Waals surface area contributed by atoms with Crippen molar-refractivity contribution >= 4 is 0 Å². The molecule has 3 rings (SSSR count). The Hall–Kier alpha value is -0.820. The molecule has 1 N–H and O–H groups in total. The highest BCUT2D eigenvalue weighted by molar-refractivity contribution is 5.41. The third-order valence-electron chi connectivity index (χ3n) is 4.95. The summed E-state index contributed by atoms with van der Waals surface area (Å²) in [6.07, 6.45) is 5.44. The quantitative estimate of drug-likeness (QED) is 0.759. The van der Waals surface area contributed by atoms with E-state index in [-0.39, 0.29) is 5.54 Å². The smallest absolute Gasteiger partial charge is 0.0492 e. The van der Waals surface area contributed by atoms with Crippen LogP contribution in [0.5, 0.6) is 0 Å². The van der Waals surface area contributed by atoms with Crippen molar-refractivity contribution in [2.75, 3.05) is 7.05 Å². The highest BCUT2D eigenvalue weighted by Crippen LogP contribution is 2.52. The van der Waals surface area contributed by atoms with Gasteiger partial charge in [0.05, 0.1) is 0 Å². The van der Waals surface area contributed by atoms with Gasteiger partial charge in [0.25, 0.3) is 0 Å². The summed E-state index contributed by atoms with van der Waals surface area (Å²) < 4.78 is 0. The van der Waals surface area contributed by atoms with E-state index in [1.807, 2.05) is 0 Å². The van der Waals surface area contributed by atoms with Crippen LogP contribution < -0.4 is 5.32 Å². The molecular weight excluding hydrogens is 194 g/mol. The summed E-state index contributed by atoms with van der Waals surface area (Å²) in [5.74, 6) is 1.58. The Balaban J connectivity index is 2.15. The molecule has 0 aromatic heterocycles. The first kappa shape index (κ1) is 10.3. The van der Waals surface area contributed by atoms with Gasteiger partial charge in [-0.15, -0.1) is 0 Å². The van der Waals surface area contributed by atoms with Crippen molar-refractivity contribution in [3.05, 3.63) is 35.4 Å². The molecule has 0 saturated heterocycles. The number of fused-ring (bicyclic) bond motifs is 3. The lowest BCUT2D eigenvalue weighted by molar-refractivity contribution is 0.103. The van der Waals surface area contributed by atoms with Gasteiger partial charge in [0.15, 0.2) is 0 Å². The lowest BCUT2D eigenvalue weighted by Crippen LogP contribution is -2.51. The van der Waals surface area contributed by atoms with Crippen LogP contribution in [0.15, 0.2) is 24.3 Å². The number of nitrogens with one attached hydrogen (secondary N) is 1. The Morgan fingerprint density at radius 1 is 1.25 bits per heavy atom. The number of hydrogen-bond acceptors (Lipinski definition) is 1. The molecule has 1 heteroatoms. The van der Waals surface area contributed by atoms with E-state index in [0.717, 1.165) is 11.8 Å². The van der Waals surface area contributed by atoms with E-state index >= 15 is 0 Å². The van der Waals surface area contributed by atoms with Crippen molar-refractivity contribution in [2.45, 2.75) is 38.1 Å². The zero-order valence-corrected chi connectivity index (χ0v) is 10.3. The van der Waals surface area contributed by atoms with Gasteiger partial charge in [-0.2, -0.15) is 0 Å². The van der Waals surface area contributed by atoms with Crippen molar-refractivity contribution in [3.8, 4) is 0 Å². The summed E-state index contributed by atoms with van der Waals surface area (Å²) in [4.78, 5) is 0. The van der Waals surface area contributed by atoms with Crippen LogP contribution in [0.2, 0.25) is 0 Å². The van der Waals surface area contributed by atoms with Crippen LogP contribution in [-0.2, 0) is 12.0 Å². The first-order chi connectivity index (χ1) is 7.79. The monoisotopic (exact) mass is 215 g/mol. The molecule has 1 nitrogen and oxygen atoms in total. The van der Waals surface area contributed by atoms with Crippen LogP contribution in [0.1, 0.15) is 37.3 Å². The highest BCUT2D eigenvalue weighted by Gasteiger charge is 2.50. The standard InChI is InChI=1S/C15H21N/c1-11-6-5-8-13-10-12-7-3-4-9-14(12)15(11,13)16-2/h3-4,7,9,11,13,16H,5-6,8,10H2,1-2H3/t11?,13-,15+/m0/s1. The molecule has 0 radical (unpaired) electrons. The molecule has 0 aliphatic heterocycles. The maximum absolute atomic E-state index is 3.69. The fourth-order valence-corrected chi connectivity index (χ4v) is 4.23. The van der Waals surface area contributed by atoms with Crippen LogP contribution in [0.4, 0.5) is 0 Å². The Morgan fingerprint density at radius 2 is 2.06 bits per heavy atom. The van der Waals surface area contributed by atoms with Crippen LogP contribution in [0.25, 0.3) is 0 Å². The second-order valence-electron chi connectivity index (χ2n) is 5.51. The second kappa shape index (κ2) is 3.59. The fraction of sp³-hybridized carbons (Fsp3) is 0.600. The minimum Gasteiger partial charge on any atom is -0.310 e. The lowest BCUT2D eigenvalue weighted by atomic mass is 9.66. The van der Waals surface area contributed by atoms with Gasteiger partial charge in [-0.1, -0.05) is 37.6 Å². The van der Waals surface area contributed by atoms with E-state index in [1.165, 1.54) is 25.7 Å². The highest BCUT2D eigenvalue weighted by atomic mass is 15.0. The molecule has 1 saturated carbocycles. The van der Waals surface area contributed by atoms with Crippen LogP contribution in [0, 0.1) is 11.8 Å². The van der Waals surface area contributed by atoms with E-state index in [1.54, 1.807) is 11.1 Å². The number of benzene rings is 1. The first-order valence-electron chi connectivity index (χ1n) is 6.56. The third kappa shape index (κ3) is 1.15. The molecule has 1 aromatic rings. The Labute approximate surface area is 98.3 Å². The van der Waals surface area contributed by atoms with Crippen LogP contribution >= 0.6 is 0 Å². The SMILES string of the molecule is CN[C@@]12c3ccccc3C[C@@H]1CCCC2C. The topological polar surface area (TPSA) is 12.0 Å². The molecule has 1 fully saturated rings. The minimum atomic E-state index is 0.273. The zero-order valence-electron chi connectivity index (χ0n) is 10.3. The molecule has 2 aliphatic rings. The average molecular weight is 215 g/mol. The molecule has 1 aromatic carbocycles. The predicted molar refractivity (Wildman–Crippen MR) is 67.4 cm³/mol. The van der Waals surface area contributed by atoms with Crippen molar-refractivity contribution in [1.82, 2.24) is 5.32 Å². The fourth-order valence-electron chi connectivity index (χ4n) is 4.23. The number of hydrogen-bond donors (Lipinski definition) is 1. The third-order valence-corrected chi connectivity index (χ3v) is 4.95. The molecule has 1 unspecified atom stereocenters. The maximum atomic E-state index is 3.69. The van der Waals surface area contributed by atoms with E-state index < -0.39 is 0 Å². The molecule has 0 amide bonds. The molecule has 2 aliphatic carbocycles. The van der Waals surface area contributed by atoms with Crippen LogP contribution in [-0.4, -0.2) is 7.05 Å². The Kier molecular flexibility index (Phi) is 2.32. The van der Waals surface area contributed by atoms with E-state index in [4.69, 9.17) is 0 Å². The molecule has 0 heterocycles. The molecule has 86 valence electrons. The van der Waals surface area contributed by atoms with Gasteiger partial charge in [0.1, 0.15) is 0 Å². The van der Waals surface area contributed by atoms with Gasteiger partial charge < -0.3 is 5.32 Å². The average Bonchev–Trinajstić information content (AvgIpc) is 2.65. The van der Waals surface area contributed by atoms with E-state index in [0.29, 0.717) is 0 Å². The molecule has 0 bridgehead atoms. The summed E-state index contributed by atoms with van der Waals surface area (Å²) >= 11 is 0. The summed E-state index contributed by atoms with van der Waals surface area (Å²) in [5, 5.41) is 3.69. The molecule has 0 spiro atoms. The van der Waals surface area contributed by atoms with E-state index in [9.17, 15) is 0 Å². The van der Waals surface area contributed by atoms with Crippen molar-refractivity contribution in [3.63, 3.8) is 0 Å². The second-order valence-corrected chi connectivity index (χ2v) is 5.51. The summed E-state index contributed by atoms with van der Waals surface area (Å²) in [7, 11) is 2.15. The zero-order chi connectivity index (χ0) is 11.2. The minimum absolute atomic E-state index is 0.273. The predicted octanol–water partition coefficient (Wildman–Crippen LogP) is 3.09. The molecule has 16 heavy (non-hydrogen) atoms. The summed E-state index contributed by atoms with van der Waals surface area (Å²) in [5.41, 5.74) is 3.43. The van der Waals surface area contributed by atoms with E-state index in [2.05, 4.69) is 43.6 Å². The van der Waals surface area contributed by atoms with Gasteiger partial charge >= 0.3 is 0 Å². The van der Waals surface area contributed by atoms with Crippen molar-refractivity contribution < 1.29 is 0 Å². The van der Waals surface area contributed by atoms with Gasteiger partial charge in [-0.05, 0) is 49.3 Å². The van der Waals surface area contributed by atoms with Crippen LogP contribution in [0.3, 0.4) is 0 Å². The maximum Gasteiger partial charge on any atom is 0.0492 e. The normalized spacial score (nSPS) is 36.9. The lowest BCUT2D eigenvalue weighted by Gasteiger charge is -2.45. The Bertz CT molecular complexity index is 398. The van der Waals surface area contributed by atoms with Crippen molar-refractivity contribution in [2.24, 2.45) is 11.8 Å². The van der Waals surface area contributed by atoms with Crippen molar-refractivity contribution in [1.29, 1.82) is 0 Å². The van der Waals surface area contributed by atoms with Gasteiger partial charge in [-0.25, -0.2) is 0 Å². The largest absolute Gasteiger partial charge is 0.310 e. The number of rotatable bonds is 1. The van der Waals surface area contributed by atoms with Gasteiger partial charge in [0, 0.05) is 5.54 Å².